The molecule has 2 heterocycles. The molecule has 2 aromatic rings. The highest BCUT2D eigenvalue weighted by atomic mass is 16.4. The molecule has 1 saturated heterocycles. The zero-order valence-corrected chi connectivity index (χ0v) is 12.2. The maximum atomic E-state index is 11.8. The van der Waals surface area contributed by atoms with Crippen LogP contribution in [0.4, 0.5) is 4.79 Å². The van der Waals surface area contributed by atoms with Crippen molar-refractivity contribution in [2.45, 2.75) is 31.3 Å². The van der Waals surface area contributed by atoms with Gasteiger partial charge >= 0.3 is 11.8 Å². The molecule has 2 unspecified atom stereocenters. The van der Waals surface area contributed by atoms with Gasteiger partial charge < -0.3 is 15.0 Å². The van der Waals surface area contributed by atoms with Gasteiger partial charge in [0, 0.05) is 31.0 Å². The zero-order chi connectivity index (χ0) is 15.5. The van der Waals surface area contributed by atoms with Crippen LogP contribution in [0, 0.1) is 0 Å². The Morgan fingerprint density at radius 2 is 2.09 bits per heavy atom. The van der Waals surface area contributed by atoms with E-state index in [1.807, 2.05) is 30.3 Å². The molecule has 1 amide bonds. The quantitative estimate of drug-likeness (QED) is 0.911. The van der Waals surface area contributed by atoms with Gasteiger partial charge in [0.05, 0.1) is 0 Å². The van der Waals surface area contributed by atoms with E-state index < -0.39 is 6.09 Å². The smallest absolute Gasteiger partial charge is 0.407 e. The lowest BCUT2D eigenvalue weighted by atomic mass is 9.92. The van der Waals surface area contributed by atoms with Crippen LogP contribution in [0.25, 0.3) is 0 Å². The second kappa shape index (κ2) is 6.09. The molecule has 0 bridgehead atoms. The zero-order valence-electron chi connectivity index (χ0n) is 12.2. The molecular weight excluding hydrogens is 282 g/mol. The molecule has 3 rings (SSSR count). The number of benzene rings is 1. The largest absolute Gasteiger partial charge is 0.465 e. The molecule has 2 N–H and O–H groups in total. The Morgan fingerprint density at radius 3 is 2.73 bits per heavy atom. The second-order valence-corrected chi connectivity index (χ2v) is 5.67. The summed E-state index contributed by atoms with van der Waals surface area (Å²) in [7, 11) is 0. The summed E-state index contributed by atoms with van der Waals surface area (Å²) in [6.07, 6.45) is 4.46. The summed E-state index contributed by atoms with van der Waals surface area (Å²) in [5.41, 5.74) is 0.980. The average molecular weight is 301 g/mol. The molecule has 6 heteroatoms. The summed E-state index contributed by atoms with van der Waals surface area (Å²) >= 11 is 0. The number of carbonyl (C=O) groups is 1. The molecule has 0 aliphatic carbocycles. The molecule has 1 aromatic heterocycles. The Kier molecular flexibility index (Phi) is 4.00. The molecule has 1 aliphatic rings. The van der Waals surface area contributed by atoms with Crippen LogP contribution in [-0.2, 0) is 6.42 Å². The Morgan fingerprint density at radius 1 is 1.32 bits per heavy atom. The van der Waals surface area contributed by atoms with Gasteiger partial charge in [0.1, 0.15) is 0 Å². The molecule has 0 saturated carbocycles. The first kappa shape index (κ1) is 14.4. The number of amides is 1. The highest BCUT2D eigenvalue weighted by Crippen LogP contribution is 2.28. The van der Waals surface area contributed by atoms with Crippen molar-refractivity contribution < 1.29 is 9.90 Å². The van der Waals surface area contributed by atoms with Gasteiger partial charge in [-0.3, -0.25) is 4.57 Å². The monoisotopic (exact) mass is 301 g/mol. The van der Waals surface area contributed by atoms with Crippen LogP contribution in [0.1, 0.15) is 24.4 Å². The standard InChI is InChI=1S/C16H19N3O3/c20-15-17-7-9-18(15)13-6-8-19(16(21)22)14(11-13)10-12-4-2-1-3-5-12/h1-5,7,9,13-14H,6,8,10-11H2,(H,17,20)(H,21,22). The molecule has 0 spiro atoms. The number of nitrogens with zero attached hydrogens (tertiary/aromatic N) is 2. The van der Waals surface area contributed by atoms with Crippen molar-refractivity contribution in [1.29, 1.82) is 0 Å². The summed E-state index contributed by atoms with van der Waals surface area (Å²) in [6.45, 7) is 0.453. The van der Waals surface area contributed by atoms with E-state index in [2.05, 4.69) is 4.98 Å². The number of piperidine rings is 1. The predicted octanol–water partition coefficient (Wildman–Crippen LogP) is 2.10. The summed E-state index contributed by atoms with van der Waals surface area (Å²) in [6, 6.07) is 9.80. The van der Waals surface area contributed by atoms with Crippen molar-refractivity contribution in [2.24, 2.45) is 0 Å². The van der Waals surface area contributed by atoms with Gasteiger partial charge in [-0.1, -0.05) is 30.3 Å². The van der Waals surface area contributed by atoms with Gasteiger partial charge in [-0.2, -0.15) is 0 Å². The molecule has 1 aliphatic heterocycles. The molecule has 116 valence electrons. The number of hydrogen-bond donors (Lipinski definition) is 2. The van der Waals surface area contributed by atoms with E-state index in [0.717, 1.165) is 5.56 Å². The third-order valence-electron chi connectivity index (χ3n) is 4.32. The molecule has 22 heavy (non-hydrogen) atoms. The summed E-state index contributed by atoms with van der Waals surface area (Å²) in [5, 5.41) is 9.41. The van der Waals surface area contributed by atoms with E-state index >= 15 is 0 Å². The number of H-pyrrole nitrogens is 1. The number of aromatic nitrogens is 2. The van der Waals surface area contributed by atoms with Crippen molar-refractivity contribution in [3.63, 3.8) is 0 Å². The lowest BCUT2D eigenvalue weighted by Crippen LogP contribution is -2.47. The number of hydrogen-bond acceptors (Lipinski definition) is 2. The van der Waals surface area contributed by atoms with Gasteiger partial charge in [-0.15, -0.1) is 0 Å². The van der Waals surface area contributed by atoms with Crippen molar-refractivity contribution in [3.05, 3.63) is 58.8 Å². The lowest BCUT2D eigenvalue weighted by Gasteiger charge is -2.38. The number of carboxylic acid groups (broad SMARTS) is 1. The van der Waals surface area contributed by atoms with Crippen molar-refractivity contribution >= 4 is 6.09 Å². The Labute approximate surface area is 128 Å². The van der Waals surface area contributed by atoms with Crippen LogP contribution in [0.3, 0.4) is 0 Å². The topological polar surface area (TPSA) is 78.3 Å². The molecule has 2 atom stereocenters. The van der Waals surface area contributed by atoms with Crippen LogP contribution >= 0.6 is 0 Å². The molecule has 1 fully saturated rings. The van der Waals surface area contributed by atoms with Crippen molar-refractivity contribution in [1.82, 2.24) is 14.5 Å². The Hall–Kier alpha value is -2.50. The van der Waals surface area contributed by atoms with E-state index in [1.165, 1.54) is 4.90 Å². The minimum absolute atomic E-state index is 0.0445. The number of likely N-dealkylation sites (tertiary alicyclic amines) is 1. The van der Waals surface area contributed by atoms with E-state index in [1.54, 1.807) is 17.0 Å². The number of rotatable bonds is 3. The fourth-order valence-corrected chi connectivity index (χ4v) is 3.23. The number of imidazole rings is 1. The molecule has 1 aromatic carbocycles. The normalized spacial score (nSPS) is 21.7. The van der Waals surface area contributed by atoms with Crippen LogP contribution in [0.15, 0.2) is 47.5 Å². The first-order chi connectivity index (χ1) is 10.6. The van der Waals surface area contributed by atoms with Gasteiger partial charge in [0.25, 0.3) is 0 Å². The number of aromatic amines is 1. The van der Waals surface area contributed by atoms with E-state index in [0.29, 0.717) is 25.8 Å². The summed E-state index contributed by atoms with van der Waals surface area (Å²) < 4.78 is 1.68. The maximum absolute atomic E-state index is 11.8. The summed E-state index contributed by atoms with van der Waals surface area (Å²) in [4.78, 5) is 27.4. The fraction of sp³-hybridized carbons (Fsp3) is 0.375. The van der Waals surface area contributed by atoms with Gasteiger partial charge in [0.15, 0.2) is 0 Å². The molecule has 0 radical (unpaired) electrons. The van der Waals surface area contributed by atoms with Crippen LogP contribution in [0.5, 0.6) is 0 Å². The Balaban J connectivity index is 1.80. The van der Waals surface area contributed by atoms with Crippen molar-refractivity contribution in [3.8, 4) is 0 Å². The average Bonchev–Trinajstić information content (AvgIpc) is 2.94. The lowest BCUT2D eigenvalue weighted by molar-refractivity contribution is 0.0908. The van der Waals surface area contributed by atoms with E-state index in [4.69, 9.17) is 0 Å². The highest BCUT2D eigenvalue weighted by Gasteiger charge is 2.32. The number of nitrogens with one attached hydrogen (secondary N) is 1. The first-order valence-electron chi connectivity index (χ1n) is 7.44. The second-order valence-electron chi connectivity index (χ2n) is 5.67. The van der Waals surface area contributed by atoms with E-state index in [9.17, 15) is 14.7 Å². The molecular formula is C16H19N3O3. The summed E-state index contributed by atoms with van der Waals surface area (Å²) in [5.74, 6) is 0. The minimum Gasteiger partial charge on any atom is -0.465 e. The first-order valence-corrected chi connectivity index (χ1v) is 7.44. The third-order valence-corrected chi connectivity index (χ3v) is 4.32. The van der Waals surface area contributed by atoms with Crippen molar-refractivity contribution in [2.75, 3.05) is 6.54 Å². The highest BCUT2D eigenvalue weighted by molar-refractivity contribution is 5.65. The predicted molar refractivity (Wildman–Crippen MR) is 82.0 cm³/mol. The minimum atomic E-state index is -0.888. The van der Waals surface area contributed by atoms with Crippen LogP contribution in [-0.4, -0.2) is 38.2 Å². The SMILES string of the molecule is O=C(O)N1CCC(n2cc[nH]c2=O)CC1Cc1ccccc1. The van der Waals surface area contributed by atoms with Gasteiger partial charge in [-0.05, 0) is 24.8 Å². The van der Waals surface area contributed by atoms with Gasteiger partial charge in [0.2, 0.25) is 0 Å². The van der Waals surface area contributed by atoms with E-state index in [-0.39, 0.29) is 17.8 Å². The van der Waals surface area contributed by atoms with Crippen LogP contribution < -0.4 is 5.69 Å². The van der Waals surface area contributed by atoms with Crippen LogP contribution in [0.2, 0.25) is 0 Å². The van der Waals surface area contributed by atoms with Gasteiger partial charge in [-0.25, -0.2) is 9.59 Å². The Bertz CT molecular complexity index is 692. The maximum Gasteiger partial charge on any atom is 0.407 e. The fourth-order valence-electron chi connectivity index (χ4n) is 3.23. The third kappa shape index (κ3) is 2.90. The molecule has 6 nitrogen and oxygen atoms in total.